The first-order valence-corrected chi connectivity index (χ1v) is 6.80. The topological polar surface area (TPSA) is 41.1 Å². The van der Waals surface area contributed by atoms with Gasteiger partial charge in [0, 0.05) is 22.1 Å². The zero-order valence-electron chi connectivity index (χ0n) is 9.30. The summed E-state index contributed by atoms with van der Waals surface area (Å²) in [5.41, 5.74) is 0.586. The fourth-order valence-corrected chi connectivity index (χ4v) is 2.51. The molecule has 1 aliphatic heterocycles. The number of nitrogens with one attached hydrogen (secondary N) is 2. The van der Waals surface area contributed by atoms with Crippen molar-refractivity contribution in [2.45, 2.75) is 18.9 Å². The molecule has 1 heterocycles. The maximum absolute atomic E-state index is 12.1. The molecule has 0 aliphatic carbocycles. The fraction of sp³-hybridized carbons (Fsp3) is 0.417. The molecule has 0 aromatic heterocycles. The number of amides is 1. The molecular formula is C12H14BrClN2O. The van der Waals surface area contributed by atoms with Crippen LogP contribution in [0, 0.1) is 0 Å². The molecule has 1 aromatic carbocycles. The Morgan fingerprint density at radius 2 is 2.35 bits per heavy atom. The molecule has 1 unspecified atom stereocenters. The summed E-state index contributed by atoms with van der Waals surface area (Å²) in [7, 11) is 0. The van der Waals surface area contributed by atoms with Gasteiger partial charge in [0.2, 0.25) is 0 Å². The molecule has 0 radical (unpaired) electrons. The van der Waals surface area contributed by atoms with E-state index in [0.29, 0.717) is 10.6 Å². The van der Waals surface area contributed by atoms with Crippen molar-refractivity contribution in [1.82, 2.24) is 10.6 Å². The van der Waals surface area contributed by atoms with E-state index in [0.717, 1.165) is 30.4 Å². The summed E-state index contributed by atoms with van der Waals surface area (Å²) < 4.78 is 0.767. The normalized spacial score (nSPS) is 20.0. The zero-order chi connectivity index (χ0) is 12.3. The first kappa shape index (κ1) is 12.9. The molecule has 1 atom stereocenters. The van der Waals surface area contributed by atoms with E-state index in [4.69, 9.17) is 11.6 Å². The van der Waals surface area contributed by atoms with Gasteiger partial charge in [0.25, 0.3) is 5.91 Å². The van der Waals surface area contributed by atoms with Gasteiger partial charge < -0.3 is 10.6 Å². The smallest absolute Gasteiger partial charge is 0.252 e. The summed E-state index contributed by atoms with van der Waals surface area (Å²) in [5.74, 6) is -0.0759. The van der Waals surface area contributed by atoms with Crippen molar-refractivity contribution in [1.29, 1.82) is 0 Å². The van der Waals surface area contributed by atoms with E-state index >= 15 is 0 Å². The van der Waals surface area contributed by atoms with Crippen molar-refractivity contribution in [2.24, 2.45) is 0 Å². The molecule has 0 spiro atoms. The number of hydrogen-bond donors (Lipinski definition) is 2. The number of hydrogen-bond acceptors (Lipinski definition) is 2. The number of benzene rings is 1. The minimum Gasteiger partial charge on any atom is -0.348 e. The molecule has 5 heteroatoms. The van der Waals surface area contributed by atoms with Gasteiger partial charge in [-0.2, -0.15) is 0 Å². The summed E-state index contributed by atoms with van der Waals surface area (Å²) in [6.07, 6.45) is 2.12. The van der Waals surface area contributed by atoms with Crippen LogP contribution in [0.2, 0.25) is 5.02 Å². The molecule has 2 rings (SSSR count). The maximum Gasteiger partial charge on any atom is 0.252 e. The summed E-state index contributed by atoms with van der Waals surface area (Å²) in [5, 5.41) is 6.85. The number of halogens is 2. The Labute approximate surface area is 114 Å². The maximum atomic E-state index is 12.1. The van der Waals surface area contributed by atoms with Gasteiger partial charge in [-0.05, 0) is 53.5 Å². The molecule has 1 aliphatic rings. The molecule has 0 saturated carbocycles. The van der Waals surface area contributed by atoms with Gasteiger partial charge in [0.05, 0.1) is 5.56 Å². The Kier molecular flexibility index (Phi) is 4.42. The van der Waals surface area contributed by atoms with Crippen LogP contribution < -0.4 is 10.6 Å². The van der Waals surface area contributed by atoms with Crippen LogP contribution in [0.25, 0.3) is 0 Å². The predicted octanol–water partition coefficient (Wildman–Crippen LogP) is 2.58. The van der Waals surface area contributed by atoms with Crippen LogP contribution in [-0.4, -0.2) is 25.0 Å². The van der Waals surface area contributed by atoms with Crippen molar-refractivity contribution in [3.8, 4) is 0 Å². The average Bonchev–Trinajstić information content (AvgIpc) is 2.33. The van der Waals surface area contributed by atoms with Crippen molar-refractivity contribution in [3.05, 3.63) is 33.3 Å². The van der Waals surface area contributed by atoms with Gasteiger partial charge in [-0.3, -0.25) is 4.79 Å². The van der Waals surface area contributed by atoms with Crippen molar-refractivity contribution < 1.29 is 4.79 Å². The van der Waals surface area contributed by atoms with Gasteiger partial charge in [-0.1, -0.05) is 11.6 Å². The van der Waals surface area contributed by atoms with E-state index in [-0.39, 0.29) is 11.9 Å². The largest absolute Gasteiger partial charge is 0.348 e. The minimum absolute atomic E-state index is 0.0759. The number of carbonyl (C=O) groups excluding carboxylic acids is 1. The standard InChI is InChI=1S/C12H14BrClN2O/c13-11-4-3-8(14)6-10(11)12(17)16-9-2-1-5-15-7-9/h3-4,6,9,15H,1-2,5,7H2,(H,16,17). The zero-order valence-corrected chi connectivity index (χ0v) is 11.6. The summed E-state index contributed by atoms with van der Waals surface area (Å²) in [6, 6.07) is 5.43. The Balaban J connectivity index is 2.05. The third-order valence-corrected chi connectivity index (χ3v) is 3.73. The van der Waals surface area contributed by atoms with Crippen LogP contribution in [0.15, 0.2) is 22.7 Å². The highest BCUT2D eigenvalue weighted by molar-refractivity contribution is 9.10. The Morgan fingerprint density at radius 1 is 1.53 bits per heavy atom. The minimum atomic E-state index is -0.0759. The van der Waals surface area contributed by atoms with Crippen molar-refractivity contribution in [3.63, 3.8) is 0 Å². The highest BCUT2D eigenvalue weighted by Gasteiger charge is 2.17. The molecule has 1 amide bonds. The van der Waals surface area contributed by atoms with Gasteiger partial charge >= 0.3 is 0 Å². The quantitative estimate of drug-likeness (QED) is 0.880. The summed E-state index contributed by atoms with van der Waals surface area (Å²) in [6.45, 7) is 1.87. The van der Waals surface area contributed by atoms with Gasteiger partial charge in [0.15, 0.2) is 0 Å². The Morgan fingerprint density at radius 3 is 3.06 bits per heavy atom. The molecule has 1 saturated heterocycles. The Hall–Kier alpha value is -0.580. The second-order valence-corrected chi connectivity index (χ2v) is 5.43. The molecule has 92 valence electrons. The van der Waals surface area contributed by atoms with Crippen molar-refractivity contribution in [2.75, 3.05) is 13.1 Å². The van der Waals surface area contributed by atoms with Gasteiger partial charge in [-0.15, -0.1) is 0 Å². The molecule has 17 heavy (non-hydrogen) atoms. The van der Waals surface area contributed by atoms with E-state index in [2.05, 4.69) is 26.6 Å². The van der Waals surface area contributed by atoms with E-state index < -0.39 is 0 Å². The molecule has 0 bridgehead atoms. The van der Waals surface area contributed by atoms with E-state index in [1.807, 2.05) is 0 Å². The monoisotopic (exact) mass is 316 g/mol. The summed E-state index contributed by atoms with van der Waals surface area (Å²) >= 11 is 9.25. The average molecular weight is 318 g/mol. The third-order valence-electron chi connectivity index (χ3n) is 2.81. The first-order valence-electron chi connectivity index (χ1n) is 5.63. The number of rotatable bonds is 2. The van der Waals surface area contributed by atoms with Crippen LogP contribution in [0.5, 0.6) is 0 Å². The highest BCUT2D eigenvalue weighted by atomic mass is 79.9. The molecule has 1 fully saturated rings. The molecular weight excluding hydrogens is 304 g/mol. The van der Waals surface area contributed by atoms with Crippen LogP contribution in [0.4, 0.5) is 0 Å². The van der Waals surface area contributed by atoms with E-state index in [1.54, 1.807) is 18.2 Å². The SMILES string of the molecule is O=C(NC1CCCNC1)c1cc(Cl)ccc1Br. The van der Waals surface area contributed by atoms with E-state index in [1.165, 1.54) is 0 Å². The van der Waals surface area contributed by atoms with Crippen LogP contribution in [0.3, 0.4) is 0 Å². The van der Waals surface area contributed by atoms with Crippen LogP contribution >= 0.6 is 27.5 Å². The second kappa shape index (κ2) is 5.85. The molecule has 2 N–H and O–H groups in total. The third kappa shape index (κ3) is 3.44. The summed E-state index contributed by atoms with van der Waals surface area (Å²) in [4.78, 5) is 12.1. The first-order chi connectivity index (χ1) is 8.16. The Bertz CT molecular complexity index is 419. The number of piperidine rings is 1. The van der Waals surface area contributed by atoms with Crippen molar-refractivity contribution >= 4 is 33.4 Å². The second-order valence-electron chi connectivity index (χ2n) is 4.14. The van der Waals surface area contributed by atoms with Gasteiger partial charge in [-0.25, -0.2) is 0 Å². The lowest BCUT2D eigenvalue weighted by Crippen LogP contribution is -2.45. The van der Waals surface area contributed by atoms with Gasteiger partial charge in [0.1, 0.15) is 0 Å². The lowest BCUT2D eigenvalue weighted by atomic mass is 10.1. The highest BCUT2D eigenvalue weighted by Crippen LogP contribution is 2.21. The van der Waals surface area contributed by atoms with Crippen LogP contribution in [0.1, 0.15) is 23.2 Å². The molecule has 1 aromatic rings. The fourth-order valence-electron chi connectivity index (χ4n) is 1.91. The molecule has 3 nitrogen and oxygen atoms in total. The van der Waals surface area contributed by atoms with Crippen LogP contribution in [-0.2, 0) is 0 Å². The predicted molar refractivity (Wildman–Crippen MR) is 72.5 cm³/mol. The van der Waals surface area contributed by atoms with E-state index in [9.17, 15) is 4.79 Å². The lowest BCUT2D eigenvalue weighted by Gasteiger charge is -2.24. The lowest BCUT2D eigenvalue weighted by molar-refractivity contribution is 0.0930. The number of carbonyl (C=O) groups is 1.